The molecule has 0 spiro atoms. The number of phosphoric acid groups is 1. The number of benzene rings is 1. The third-order valence-electron chi connectivity index (χ3n) is 5.64. The zero-order chi connectivity index (χ0) is 26.0. The maximum atomic E-state index is 13.1. The first-order valence-electron chi connectivity index (χ1n) is 11.0. The summed E-state index contributed by atoms with van der Waals surface area (Å²) in [4.78, 5) is 40.4. The molecule has 1 aromatic carbocycles. The van der Waals surface area contributed by atoms with Gasteiger partial charge < -0.3 is 19.7 Å². The summed E-state index contributed by atoms with van der Waals surface area (Å²) in [5.74, 6) is -0.267. The number of nitrogens with one attached hydrogen (secondary N) is 1. The van der Waals surface area contributed by atoms with Gasteiger partial charge in [0.2, 0.25) is 0 Å². The van der Waals surface area contributed by atoms with Crippen LogP contribution in [0.5, 0.6) is 5.75 Å². The van der Waals surface area contributed by atoms with Gasteiger partial charge in [-0.1, -0.05) is 34.1 Å². The van der Waals surface area contributed by atoms with E-state index < -0.39 is 49.5 Å². The summed E-state index contributed by atoms with van der Waals surface area (Å²) < 4.78 is 42.2. The van der Waals surface area contributed by atoms with E-state index in [4.69, 9.17) is 28.8 Å². The van der Waals surface area contributed by atoms with Crippen molar-refractivity contribution in [1.29, 1.82) is 0 Å². The number of esters is 1. The highest BCUT2D eigenvalue weighted by Crippen LogP contribution is 2.55. The van der Waals surface area contributed by atoms with Crippen LogP contribution in [0.4, 0.5) is 0 Å². The highest BCUT2D eigenvalue weighted by Gasteiger charge is 2.43. The maximum Gasteiger partial charge on any atom is 0.530 e. The minimum atomic E-state index is -4.01. The van der Waals surface area contributed by atoms with Crippen LogP contribution in [0, 0.1) is 6.92 Å². The van der Waals surface area contributed by atoms with Gasteiger partial charge in [0, 0.05) is 18.2 Å². The van der Waals surface area contributed by atoms with E-state index in [0.29, 0.717) is 5.75 Å². The molecule has 2 aromatic rings. The van der Waals surface area contributed by atoms with Gasteiger partial charge in [0.05, 0.1) is 18.8 Å². The van der Waals surface area contributed by atoms with Crippen LogP contribution in [0.25, 0.3) is 6.08 Å². The Hall–Kier alpha value is -2.54. The van der Waals surface area contributed by atoms with E-state index >= 15 is 0 Å². The fourth-order valence-corrected chi connectivity index (χ4v) is 5.35. The van der Waals surface area contributed by atoms with Crippen molar-refractivity contribution in [3.63, 3.8) is 0 Å². The standard InChI is InChI=1S/C22H25BrN3O9P/c1-12-4-3-5-15-10-31-36(30,35-19(12)15)32-11-17-16(34-21(28)13(2)24)8-18(33-17)26-9-14(6-7-23)20(27)25-22(26)29/h3-7,9,13,16-18H,8,10-11,24H2,1-2H3,(H,25,27,29)/b7-6+/t13-,16-,17+,18+,36?/m0/s1. The molecular weight excluding hydrogens is 561 g/mol. The topological polar surface area (TPSA) is 161 Å². The molecule has 0 aliphatic carbocycles. The van der Waals surface area contributed by atoms with Gasteiger partial charge in [0.1, 0.15) is 30.2 Å². The molecule has 0 saturated carbocycles. The van der Waals surface area contributed by atoms with Crippen LogP contribution >= 0.6 is 23.8 Å². The first-order chi connectivity index (χ1) is 17.1. The Balaban J connectivity index is 1.55. The molecule has 36 heavy (non-hydrogen) atoms. The van der Waals surface area contributed by atoms with Gasteiger partial charge in [-0.3, -0.25) is 28.2 Å². The van der Waals surface area contributed by atoms with Crippen molar-refractivity contribution in [3.05, 3.63) is 66.9 Å². The second-order valence-corrected chi connectivity index (χ2v) is 10.5. The molecule has 14 heteroatoms. The second-order valence-electron chi connectivity index (χ2n) is 8.34. The van der Waals surface area contributed by atoms with Crippen LogP contribution in [0.3, 0.4) is 0 Å². The highest BCUT2D eigenvalue weighted by atomic mass is 79.9. The number of hydrogen-bond donors (Lipinski definition) is 2. The molecule has 3 N–H and O–H groups in total. The number of H-pyrrole nitrogens is 1. The lowest BCUT2D eigenvalue weighted by molar-refractivity contribution is -0.154. The molecule has 2 aliphatic rings. The van der Waals surface area contributed by atoms with Crippen LogP contribution < -0.4 is 21.5 Å². The monoisotopic (exact) mass is 585 g/mol. The number of carbonyl (C=O) groups excluding carboxylic acids is 1. The normalized spacial score (nSPS) is 26.4. The van der Waals surface area contributed by atoms with Crippen LogP contribution in [-0.4, -0.2) is 40.4 Å². The zero-order valence-corrected chi connectivity index (χ0v) is 21.9. The van der Waals surface area contributed by atoms with Crippen LogP contribution in [0.2, 0.25) is 0 Å². The second kappa shape index (κ2) is 10.8. The first-order valence-corrected chi connectivity index (χ1v) is 13.4. The van der Waals surface area contributed by atoms with Gasteiger partial charge in [-0.25, -0.2) is 9.36 Å². The van der Waals surface area contributed by atoms with Crippen molar-refractivity contribution in [1.82, 2.24) is 9.55 Å². The number of fused-ring (bicyclic) bond motifs is 1. The molecule has 5 atom stereocenters. The van der Waals surface area contributed by atoms with E-state index in [-0.39, 0.29) is 25.2 Å². The van der Waals surface area contributed by atoms with Gasteiger partial charge in [-0.15, -0.1) is 0 Å². The molecule has 2 aliphatic heterocycles. The van der Waals surface area contributed by atoms with Crippen molar-refractivity contribution in [2.24, 2.45) is 5.73 Å². The van der Waals surface area contributed by atoms with Crippen molar-refractivity contribution in [3.8, 4) is 5.75 Å². The molecule has 3 heterocycles. The Labute approximate surface area is 214 Å². The Morgan fingerprint density at radius 2 is 2.19 bits per heavy atom. The predicted molar refractivity (Wildman–Crippen MR) is 131 cm³/mol. The Morgan fingerprint density at radius 3 is 2.92 bits per heavy atom. The van der Waals surface area contributed by atoms with Gasteiger partial charge in [-0.05, 0) is 30.5 Å². The number of hydrogen-bond acceptors (Lipinski definition) is 10. The summed E-state index contributed by atoms with van der Waals surface area (Å²) in [6, 6.07) is 4.53. The summed E-state index contributed by atoms with van der Waals surface area (Å²) in [5, 5.41) is 0. The summed E-state index contributed by atoms with van der Waals surface area (Å²) in [6.07, 6.45) is 0.0709. The van der Waals surface area contributed by atoms with E-state index in [1.165, 1.54) is 28.7 Å². The average Bonchev–Trinajstić information content (AvgIpc) is 3.22. The number of rotatable bonds is 7. The summed E-state index contributed by atoms with van der Waals surface area (Å²) in [6.45, 7) is 2.97. The van der Waals surface area contributed by atoms with Gasteiger partial charge >= 0.3 is 19.5 Å². The highest BCUT2D eigenvalue weighted by molar-refractivity contribution is 9.11. The lowest BCUT2D eigenvalue weighted by atomic mass is 10.1. The Kier molecular flexibility index (Phi) is 7.98. The number of aromatic amines is 1. The van der Waals surface area contributed by atoms with Crippen molar-refractivity contribution >= 4 is 35.8 Å². The molecule has 0 radical (unpaired) electrons. The first kappa shape index (κ1) is 26.5. The number of aromatic nitrogens is 2. The largest absolute Gasteiger partial charge is 0.530 e. The van der Waals surface area contributed by atoms with Crippen LogP contribution in [0.1, 0.15) is 36.3 Å². The van der Waals surface area contributed by atoms with E-state index in [2.05, 4.69) is 20.9 Å². The number of halogens is 1. The zero-order valence-electron chi connectivity index (χ0n) is 19.4. The number of ether oxygens (including phenoxy) is 2. The fraction of sp³-hybridized carbons (Fsp3) is 0.409. The smallest absolute Gasteiger partial charge is 0.458 e. The molecule has 0 amide bonds. The minimum Gasteiger partial charge on any atom is -0.458 e. The number of nitrogens with zero attached hydrogens (tertiary/aromatic N) is 1. The summed E-state index contributed by atoms with van der Waals surface area (Å²) in [7, 11) is -4.01. The van der Waals surface area contributed by atoms with E-state index in [1.54, 1.807) is 6.07 Å². The summed E-state index contributed by atoms with van der Waals surface area (Å²) in [5.41, 5.74) is 6.04. The van der Waals surface area contributed by atoms with Gasteiger partial charge in [-0.2, -0.15) is 0 Å². The van der Waals surface area contributed by atoms with E-state index in [9.17, 15) is 18.9 Å². The minimum absolute atomic E-state index is 0.0299. The SMILES string of the molecule is Cc1cccc2c1OP(=O)(OC[C@H]1O[C@@H](n3cc(/C=C/Br)c(=O)[nH]c3=O)C[C@@H]1OC(=O)[C@H](C)N)OC2. The van der Waals surface area contributed by atoms with Gasteiger partial charge in [0.15, 0.2) is 0 Å². The number of phosphoric ester groups is 1. The maximum absolute atomic E-state index is 13.1. The number of carbonyl (C=O) groups is 1. The molecule has 1 aromatic heterocycles. The average molecular weight is 586 g/mol. The Bertz CT molecular complexity index is 1340. The summed E-state index contributed by atoms with van der Waals surface area (Å²) >= 11 is 3.10. The van der Waals surface area contributed by atoms with Crippen LogP contribution in [0.15, 0.2) is 39.0 Å². The van der Waals surface area contributed by atoms with Crippen molar-refractivity contribution < 1.29 is 32.4 Å². The number of aryl methyl sites for hydroxylation is 1. The van der Waals surface area contributed by atoms with Crippen molar-refractivity contribution in [2.75, 3.05) is 6.61 Å². The molecular formula is C22H25BrN3O9P. The lowest BCUT2D eigenvalue weighted by Crippen LogP contribution is -2.37. The number of nitrogens with two attached hydrogens (primary N) is 1. The van der Waals surface area contributed by atoms with E-state index in [1.807, 2.05) is 19.1 Å². The molecule has 4 rings (SSSR count). The third kappa shape index (κ3) is 5.72. The van der Waals surface area contributed by atoms with Gasteiger partial charge in [0.25, 0.3) is 5.56 Å². The molecule has 12 nitrogen and oxygen atoms in total. The quantitative estimate of drug-likeness (QED) is 0.364. The molecule has 1 unspecified atom stereocenters. The molecule has 1 fully saturated rings. The molecule has 1 saturated heterocycles. The third-order valence-corrected chi connectivity index (χ3v) is 7.22. The lowest BCUT2D eigenvalue weighted by Gasteiger charge is -2.27. The van der Waals surface area contributed by atoms with E-state index in [0.717, 1.165) is 11.1 Å². The van der Waals surface area contributed by atoms with Crippen molar-refractivity contribution in [2.45, 2.75) is 51.4 Å². The predicted octanol–water partition coefficient (Wildman–Crippen LogP) is 2.49. The number of para-hydroxylation sites is 1. The Morgan fingerprint density at radius 1 is 1.42 bits per heavy atom. The molecule has 194 valence electrons. The fourth-order valence-electron chi connectivity index (χ4n) is 3.78. The molecule has 0 bridgehead atoms. The van der Waals surface area contributed by atoms with Crippen LogP contribution in [-0.2, 0) is 34.5 Å².